The molecule has 0 amide bonds. The first kappa shape index (κ1) is 17.2. The summed E-state index contributed by atoms with van der Waals surface area (Å²) in [4.78, 5) is 10.3. The van der Waals surface area contributed by atoms with Gasteiger partial charge < -0.3 is 21.1 Å². The molecule has 2 rings (SSSR count). The van der Waals surface area contributed by atoms with Gasteiger partial charge in [-0.2, -0.15) is 0 Å². The molecule has 2 heterocycles. The van der Waals surface area contributed by atoms with E-state index in [1.54, 1.807) is 0 Å². The third kappa shape index (κ3) is 3.58. The van der Waals surface area contributed by atoms with Gasteiger partial charge in [0.25, 0.3) is 0 Å². The second-order valence-corrected chi connectivity index (χ2v) is 3.94. The van der Waals surface area contributed by atoms with Gasteiger partial charge in [-0.25, -0.2) is 9.97 Å². The van der Waals surface area contributed by atoms with E-state index in [4.69, 9.17) is 5.73 Å². The van der Waals surface area contributed by atoms with Gasteiger partial charge in [0.15, 0.2) is 0 Å². The number of β-amino-alcohol motifs (C(OH)–C–C–N with tert-alkyl or cyclic N) is 1. The van der Waals surface area contributed by atoms with E-state index < -0.39 is 0 Å². The van der Waals surface area contributed by atoms with Crippen molar-refractivity contribution < 1.29 is 5.11 Å². The fourth-order valence-electron chi connectivity index (χ4n) is 2.04. The molecule has 1 aliphatic rings. The summed E-state index contributed by atoms with van der Waals surface area (Å²) in [5.41, 5.74) is 5.68. The van der Waals surface area contributed by atoms with Crippen LogP contribution in [0.5, 0.6) is 0 Å². The van der Waals surface area contributed by atoms with Gasteiger partial charge in [0, 0.05) is 32.2 Å². The van der Waals surface area contributed by atoms with E-state index >= 15 is 0 Å². The lowest BCUT2D eigenvalue weighted by Gasteiger charge is -2.24. The van der Waals surface area contributed by atoms with Crippen LogP contribution in [0.2, 0.25) is 0 Å². The van der Waals surface area contributed by atoms with Gasteiger partial charge in [0.1, 0.15) is 18.0 Å². The third-order valence-electron chi connectivity index (χ3n) is 2.87. The fourth-order valence-corrected chi connectivity index (χ4v) is 2.04. The summed E-state index contributed by atoms with van der Waals surface area (Å²) in [5.74, 6) is 1.58. The van der Waals surface area contributed by atoms with Gasteiger partial charge >= 0.3 is 0 Å². The van der Waals surface area contributed by atoms with Crippen LogP contribution >= 0.6 is 24.8 Å². The number of rotatable bonds is 3. The van der Waals surface area contributed by atoms with Gasteiger partial charge in [-0.05, 0) is 6.42 Å². The molecule has 1 aliphatic heterocycles. The van der Waals surface area contributed by atoms with Gasteiger partial charge in [-0.15, -0.1) is 24.8 Å². The summed E-state index contributed by atoms with van der Waals surface area (Å²) in [6, 6.07) is 2.02. The van der Waals surface area contributed by atoms with E-state index in [0.29, 0.717) is 19.5 Å². The van der Waals surface area contributed by atoms with Crippen molar-refractivity contribution >= 4 is 36.4 Å². The van der Waals surface area contributed by atoms with Gasteiger partial charge in [-0.3, -0.25) is 0 Å². The van der Waals surface area contributed by atoms with E-state index in [-0.39, 0.29) is 37.0 Å². The van der Waals surface area contributed by atoms with Crippen LogP contribution in [0.3, 0.4) is 0 Å². The number of halogens is 2. The lowest BCUT2D eigenvalue weighted by atomic mass is 10.2. The summed E-state index contributed by atoms with van der Waals surface area (Å²) in [5, 5.41) is 12.6. The Morgan fingerprint density at radius 3 is 2.83 bits per heavy atom. The van der Waals surface area contributed by atoms with E-state index in [1.807, 2.05) is 18.0 Å². The lowest BCUT2D eigenvalue weighted by Crippen LogP contribution is -2.36. The van der Waals surface area contributed by atoms with E-state index in [2.05, 4.69) is 15.3 Å². The molecule has 0 aromatic carbocycles. The molecule has 18 heavy (non-hydrogen) atoms. The topological polar surface area (TPSA) is 87.3 Å². The Morgan fingerprint density at radius 1 is 1.50 bits per heavy atom. The number of nitrogens with one attached hydrogen (secondary N) is 1. The highest BCUT2D eigenvalue weighted by molar-refractivity contribution is 5.85. The summed E-state index contributed by atoms with van der Waals surface area (Å²) < 4.78 is 0. The molecule has 1 saturated heterocycles. The Bertz CT molecular complexity index is 368. The maximum Gasteiger partial charge on any atom is 0.134 e. The van der Waals surface area contributed by atoms with Crippen LogP contribution in [-0.2, 0) is 0 Å². The average molecular weight is 296 g/mol. The highest BCUT2D eigenvalue weighted by Gasteiger charge is 2.30. The zero-order valence-electron chi connectivity index (χ0n) is 10.1. The van der Waals surface area contributed by atoms with Crippen molar-refractivity contribution in [3.05, 3.63) is 12.4 Å². The molecule has 0 saturated carbocycles. The molecule has 2 atom stereocenters. The Labute approximate surface area is 119 Å². The maximum absolute atomic E-state index is 9.63. The van der Waals surface area contributed by atoms with E-state index in [0.717, 1.165) is 11.6 Å². The number of aliphatic hydroxyl groups excluding tert-OH is 1. The van der Waals surface area contributed by atoms with Crippen LogP contribution in [0.1, 0.15) is 6.42 Å². The van der Waals surface area contributed by atoms with Crippen molar-refractivity contribution in [3.63, 3.8) is 0 Å². The number of nitrogens with two attached hydrogens (primary N) is 1. The minimum absolute atomic E-state index is 0. The standard InChI is InChI=1S/C10H17N5O.2ClH/c1-12-9-3-10(14-6-13-9)15-5-8(16)2-7(15)4-11;;/h3,6-8,16H,2,4-5,11H2,1H3,(H,12,13,14);2*1H/t7-,8-;;/m1../s1. The molecule has 104 valence electrons. The van der Waals surface area contributed by atoms with Crippen LogP contribution in [-0.4, -0.2) is 47.4 Å². The zero-order valence-corrected chi connectivity index (χ0v) is 11.7. The second-order valence-electron chi connectivity index (χ2n) is 3.94. The molecular weight excluding hydrogens is 277 g/mol. The SMILES string of the molecule is CNc1cc(N2C[C@H](O)C[C@@H]2CN)ncn1.Cl.Cl. The third-order valence-corrected chi connectivity index (χ3v) is 2.87. The summed E-state index contributed by atoms with van der Waals surface area (Å²) in [6.45, 7) is 1.11. The van der Waals surface area contributed by atoms with Crippen molar-refractivity contribution in [1.82, 2.24) is 9.97 Å². The molecule has 1 aromatic heterocycles. The predicted molar refractivity (Wildman–Crippen MR) is 76.9 cm³/mol. The molecule has 0 radical (unpaired) electrons. The summed E-state index contributed by atoms with van der Waals surface area (Å²) in [6.07, 6.45) is 1.90. The second kappa shape index (κ2) is 7.58. The monoisotopic (exact) mass is 295 g/mol. The molecule has 0 unspecified atom stereocenters. The predicted octanol–water partition coefficient (Wildman–Crippen LogP) is 0.260. The fraction of sp³-hybridized carbons (Fsp3) is 0.600. The highest BCUT2D eigenvalue weighted by atomic mass is 35.5. The Balaban J connectivity index is 0.00000144. The van der Waals surface area contributed by atoms with Crippen molar-refractivity contribution in [2.24, 2.45) is 5.73 Å². The summed E-state index contributed by atoms with van der Waals surface area (Å²) >= 11 is 0. The van der Waals surface area contributed by atoms with Gasteiger partial charge in [0.2, 0.25) is 0 Å². The van der Waals surface area contributed by atoms with Crippen LogP contribution in [0.15, 0.2) is 12.4 Å². The molecule has 8 heteroatoms. The van der Waals surface area contributed by atoms with Crippen LogP contribution < -0.4 is 16.0 Å². The number of aromatic nitrogens is 2. The molecule has 6 nitrogen and oxygen atoms in total. The first-order chi connectivity index (χ1) is 7.74. The highest BCUT2D eigenvalue weighted by Crippen LogP contribution is 2.24. The quantitative estimate of drug-likeness (QED) is 0.741. The molecule has 0 aliphatic carbocycles. The number of hydrogen-bond acceptors (Lipinski definition) is 6. The number of hydrogen-bond donors (Lipinski definition) is 3. The molecule has 1 aromatic rings. The molecular formula is C10H19Cl2N5O. The van der Waals surface area contributed by atoms with E-state index in [1.165, 1.54) is 6.33 Å². The normalized spacial score (nSPS) is 22.1. The number of anilines is 2. The minimum Gasteiger partial charge on any atom is -0.391 e. The molecule has 4 N–H and O–H groups in total. The van der Waals surface area contributed by atoms with Gasteiger partial charge in [-0.1, -0.05) is 0 Å². The molecule has 0 bridgehead atoms. The molecule has 0 spiro atoms. The maximum atomic E-state index is 9.63. The Kier molecular flexibility index (Phi) is 7.23. The van der Waals surface area contributed by atoms with Crippen molar-refractivity contribution in [2.75, 3.05) is 30.4 Å². The smallest absolute Gasteiger partial charge is 0.134 e. The van der Waals surface area contributed by atoms with Crippen molar-refractivity contribution in [2.45, 2.75) is 18.6 Å². The van der Waals surface area contributed by atoms with Crippen molar-refractivity contribution in [1.29, 1.82) is 0 Å². The Hall–Kier alpha value is -0.820. The van der Waals surface area contributed by atoms with Crippen LogP contribution in [0.25, 0.3) is 0 Å². The molecule has 1 fully saturated rings. The average Bonchev–Trinajstić information content (AvgIpc) is 2.70. The number of nitrogens with zero attached hydrogens (tertiary/aromatic N) is 3. The Morgan fingerprint density at radius 2 is 2.22 bits per heavy atom. The first-order valence-electron chi connectivity index (χ1n) is 5.39. The zero-order chi connectivity index (χ0) is 11.5. The number of aliphatic hydroxyl groups is 1. The van der Waals surface area contributed by atoms with Gasteiger partial charge in [0.05, 0.1) is 6.10 Å². The minimum atomic E-state index is -0.318. The van der Waals surface area contributed by atoms with Crippen molar-refractivity contribution in [3.8, 4) is 0 Å². The van der Waals surface area contributed by atoms with Crippen LogP contribution in [0.4, 0.5) is 11.6 Å². The summed E-state index contributed by atoms with van der Waals surface area (Å²) in [7, 11) is 1.81. The van der Waals surface area contributed by atoms with Crippen LogP contribution in [0, 0.1) is 0 Å². The largest absolute Gasteiger partial charge is 0.391 e. The van der Waals surface area contributed by atoms with E-state index in [9.17, 15) is 5.11 Å². The lowest BCUT2D eigenvalue weighted by molar-refractivity contribution is 0.194. The first-order valence-corrected chi connectivity index (χ1v) is 5.39.